The molecule has 2 aliphatic rings. The van der Waals surface area contributed by atoms with Crippen molar-refractivity contribution in [1.29, 1.82) is 0 Å². The van der Waals surface area contributed by atoms with Crippen LogP contribution in [-0.4, -0.2) is 72.9 Å². The molecule has 1 aliphatic heterocycles. The van der Waals surface area contributed by atoms with Gasteiger partial charge in [0.1, 0.15) is 0 Å². The number of esters is 1. The zero-order chi connectivity index (χ0) is 30.6. The quantitative estimate of drug-likeness (QED) is 0.108. The topological polar surface area (TPSA) is 85.3 Å². The molecule has 0 amide bonds. The van der Waals surface area contributed by atoms with Crippen molar-refractivity contribution < 1.29 is 28.9 Å². The summed E-state index contributed by atoms with van der Waals surface area (Å²) in [7, 11) is 0. The molecule has 4 atom stereocenters. The van der Waals surface area contributed by atoms with Gasteiger partial charge in [0.2, 0.25) is 0 Å². The van der Waals surface area contributed by atoms with Crippen LogP contribution in [0.1, 0.15) is 48.0 Å². The SMILES string of the molecule is O=C(CCCC=CC[C@@H]1[C@@H](N2CCOCC2)[C@H](O)C[C@@H]1OCc1ccc(-c2ccccc2)cc1)OCC(=O)c1ccccc1. The lowest BCUT2D eigenvalue weighted by molar-refractivity contribution is -0.142. The summed E-state index contributed by atoms with van der Waals surface area (Å²) in [6, 6.07) is 27.7. The number of benzene rings is 3. The van der Waals surface area contributed by atoms with E-state index in [1.807, 2.05) is 24.3 Å². The summed E-state index contributed by atoms with van der Waals surface area (Å²) in [6.07, 6.45) is 6.78. The first-order chi connectivity index (χ1) is 21.6. The number of nitrogens with zero attached hydrogens (tertiary/aromatic N) is 1. The van der Waals surface area contributed by atoms with Crippen LogP contribution in [0, 0.1) is 5.92 Å². The second-order valence-corrected chi connectivity index (χ2v) is 11.6. The van der Waals surface area contributed by atoms with Gasteiger partial charge in [-0.3, -0.25) is 14.5 Å². The number of aliphatic hydroxyl groups excluding tert-OH is 1. The van der Waals surface area contributed by atoms with Crippen LogP contribution in [0.15, 0.2) is 97.1 Å². The summed E-state index contributed by atoms with van der Waals surface area (Å²) in [6.45, 7) is 3.24. The zero-order valence-electron chi connectivity index (χ0n) is 25.3. The first-order valence-electron chi connectivity index (χ1n) is 15.7. The van der Waals surface area contributed by atoms with E-state index in [2.05, 4.69) is 53.5 Å². The minimum Gasteiger partial charge on any atom is -0.457 e. The van der Waals surface area contributed by atoms with Crippen molar-refractivity contribution >= 4 is 11.8 Å². The van der Waals surface area contributed by atoms with Crippen LogP contribution in [-0.2, 0) is 25.6 Å². The highest BCUT2D eigenvalue weighted by atomic mass is 16.5. The molecule has 5 rings (SSSR count). The molecule has 0 bridgehead atoms. The minimum atomic E-state index is -0.453. The van der Waals surface area contributed by atoms with Crippen molar-refractivity contribution in [3.63, 3.8) is 0 Å². The molecule has 0 spiro atoms. The summed E-state index contributed by atoms with van der Waals surface area (Å²) in [5, 5.41) is 11.1. The normalized spacial score (nSPS) is 22.3. The summed E-state index contributed by atoms with van der Waals surface area (Å²) in [5.74, 6) is -0.412. The first-order valence-corrected chi connectivity index (χ1v) is 15.7. The van der Waals surface area contributed by atoms with Crippen LogP contribution < -0.4 is 0 Å². The van der Waals surface area contributed by atoms with E-state index < -0.39 is 6.10 Å². The standard InChI is InChI=1S/C37H43NO6/c39-33-25-35(43-26-28-17-19-30(20-18-28)29-11-5-3-6-12-29)32(37(33)38-21-23-42-24-22-38)15-9-1-2-10-16-36(41)44-27-34(40)31-13-7-4-8-14-31/h1,3-9,11-14,17-20,32-33,35,37,39H,2,10,15-16,21-27H2/t32-,33+,35-,37+/m0/s1. The molecule has 1 N–H and O–H groups in total. The molecule has 232 valence electrons. The number of carbonyl (C=O) groups excluding carboxylic acids is 2. The number of hydrogen-bond acceptors (Lipinski definition) is 7. The fourth-order valence-corrected chi connectivity index (χ4v) is 6.22. The van der Waals surface area contributed by atoms with Gasteiger partial charge in [0.15, 0.2) is 12.4 Å². The summed E-state index contributed by atoms with van der Waals surface area (Å²) >= 11 is 0. The Morgan fingerprint density at radius 1 is 0.886 bits per heavy atom. The van der Waals surface area contributed by atoms with E-state index >= 15 is 0 Å². The van der Waals surface area contributed by atoms with Crippen molar-refractivity contribution in [2.75, 3.05) is 32.9 Å². The average Bonchev–Trinajstić information content (AvgIpc) is 3.39. The number of hydrogen-bond donors (Lipinski definition) is 1. The Bertz CT molecular complexity index is 1340. The van der Waals surface area contributed by atoms with Crippen LogP contribution in [0.3, 0.4) is 0 Å². The fourth-order valence-electron chi connectivity index (χ4n) is 6.22. The molecule has 1 heterocycles. The molecule has 3 aromatic rings. The van der Waals surface area contributed by atoms with E-state index in [4.69, 9.17) is 14.2 Å². The Kier molecular flexibility index (Phi) is 11.9. The Hall–Kier alpha value is -3.62. The molecule has 1 saturated heterocycles. The summed E-state index contributed by atoms with van der Waals surface area (Å²) < 4.78 is 17.2. The molecule has 0 unspecified atom stereocenters. The van der Waals surface area contributed by atoms with Crippen LogP contribution >= 0.6 is 0 Å². The van der Waals surface area contributed by atoms with Gasteiger partial charge in [-0.1, -0.05) is 97.1 Å². The third kappa shape index (κ3) is 8.96. The van der Waals surface area contributed by atoms with Gasteiger partial charge in [-0.2, -0.15) is 0 Å². The predicted molar refractivity (Wildman–Crippen MR) is 170 cm³/mol. The van der Waals surface area contributed by atoms with Crippen molar-refractivity contribution in [2.45, 2.75) is 57.0 Å². The zero-order valence-corrected chi connectivity index (χ0v) is 25.3. The van der Waals surface area contributed by atoms with Gasteiger partial charge in [-0.05, 0) is 36.0 Å². The number of ether oxygens (including phenoxy) is 3. The van der Waals surface area contributed by atoms with E-state index in [1.165, 1.54) is 11.1 Å². The van der Waals surface area contributed by atoms with E-state index in [0.717, 1.165) is 31.5 Å². The lowest BCUT2D eigenvalue weighted by Crippen LogP contribution is -2.50. The maximum absolute atomic E-state index is 12.1. The van der Waals surface area contributed by atoms with Gasteiger partial charge in [-0.25, -0.2) is 0 Å². The van der Waals surface area contributed by atoms with Gasteiger partial charge in [0.05, 0.1) is 32.0 Å². The lowest BCUT2D eigenvalue weighted by atomic mass is 9.94. The van der Waals surface area contributed by atoms with Crippen molar-refractivity contribution in [2.24, 2.45) is 5.92 Å². The molecule has 44 heavy (non-hydrogen) atoms. The predicted octanol–water partition coefficient (Wildman–Crippen LogP) is 5.86. The second kappa shape index (κ2) is 16.5. The molecule has 2 fully saturated rings. The Balaban J connectivity index is 1.11. The molecule has 1 aliphatic carbocycles. The minimum absolute atomic E-state index is 0.0196. The molecular formula is C37H43NO6. The first kappa shape index (κ1) is 31.8. The maximum Gasteiger partial charge on any atom is 0.306 e. The maximum atomic E-state index is 12.1. The number of allylic oxidation sites excluding steroid dienone is 2. The van der Waals surface area contributed by atoms with E-state index in [9.17, 15) is 14.7 Å². The average molecular weight is 598 g/mol. The number of unbranched alkanes of at least 4 members (excludes halogenated alkanes) is 1. The third-order valence-electron chi connectivity index (χ3n) is 8.56. The van der Waals surface area contributed by atoms with Gasteiger partial charge < -0.3 is 19.3 Å². The molecule has 7 nitrogen and oxygen atoms in total. The number of morpholine rings is 1. The van der Waals surface area contributed by atoms with Crippen LogP contribution in [0.2, 0.25) is 0 Å². The number of ketones is 1. The molecule has 1 saturated carbocycles. The largest absolute Gasteiger partial charge is 0.457 e. The smallest absolute Gasteiger partial charge is 0.306 e. The number of carbonyl (C=O) groups is 2. The highest BCUT2D eigenvalue weighted by Gasteiger charge is 2.45. The third-order valence-corrected chi connectivity index (χ3v) is 8.56. The van der Waals surface area contributed by atoms with Crippen LogP contribution in [0.5, 0.6) is 0 Å². The Morgan fingerprint density at radius 2 is 1.57 bits per heavy atom. The molecule has 0 radical (unpaired) electrons. The molecule has 3 aromatic carbocycles. The van der Waals surface area contributed by atoms with E-state index in [-0.39, 0.29) is 42.8 Å². The van der Waals surface area contributed by atoms with Gasteiger partial charge in [0, 0.05) is 43.5 Å². The molecule has 0 aromatic heterocycles. The van der Waals surface area contributed by atoms with Crippen molar-refractivity contribution in [1.82, 2.24) is 4.90 Å². The summed E-state index contributed by atoms with van der Waals surface area (Å²) in [4.78, 5) is 26.6. The van der Waals surface area contributed by atoms with Crippen molar-refractivity contribution in [3.05, 3.63) is 108 Å². The monoisotopic (exact) mass is 597 g/mol. The summed E-state index contributed by atoms with van der Waals surface area (Å²) in [5.41, 5.74) is 4.02. The highest BCUT2D eigenvalue weighted by Crippen LogP contribution is 2.36. The van der Waals surface area contributed by atoms with Gasteiger partial charge in [-0.15, -0.1) is 0 Å². The number of aliphatic hydroxyl groups is 1. The fraction of sp³-hybridized carbons (Fsp3) is 0.405. The number of Topliss-reactive ketones (excluding diaryl/α,β-unsaturated/α-hetero) is 1. The lowest BCUT2D eigenvalue weighted by Gasteiger charge is -2.37. The van der Waals surface area contributed by atoms with Gasteiger partial charge >= 0.3 is 5.97 Å². The molecular weight excluding hydrogens is 554 g/mol. The highest BCUT2D eigenvalue weighted by molar-refractivity contribution is 5.97. The van der Waals surface area contributed by atoms with Crippen LogP contribution in [0.4, 0.5) is 0 Å². The Labute approximate surface area is 260 Å². The Morgan fingerprint density at radius 3 is 2.30 bits per heavy atom. The second-order valence-electron chi connectivity index (χ2n) is 11.6. The van der Waals surface area contributed by atoms with E-state index in [1.54, 1.807) is 24.3 Å². The van der Waals surface area contributed by atoms with Gasteiger partial charge in [0.25, 0.3) is 0 Å². The van der Waals surface area contributed by atoms with Crippen LogP contribution in [0.25, 0.3) is 11.1 Å². The molecule has 7 heteroatoms. The van der Waals surface area contributed by atoms with Crippen molar-refractivity contribution in [3.8, 4) is 11.1 Å². The van der Waals surface area contributed by atoms with E-state index in [0.29, 0.717) is 38.2 Å². The number of rotatable bonds is 14.